The zero-order chi connectivity index (χ0) is 38.4. The first-order valence-corrected chi connectivity index (χ1v) is 19.9. The second-order valence-corrected chi connectivity index (χ2v) is 14.9. The van der Waals surface area contributed by atoms with Gasteiger partial charge in [-0.3, -0.25) is 0 Å². The Hall–Kier alpha value is -7.56. The molecule has 0 spiro atoms. The van der Waals surface area contributed by atoms with E-state index >= 15 is 0 Å². The van der Waals surface area contributed by atoms with E-state index in [0.29, 0.717) is 5.84 Å². The summed E-state index contributed by atoms with van der Waals surface area (Å²) in [7, 11) is 0. The largest absolute Gasteiger partial charge is 0.456 e. The molecule has 8 aromatic carbocycles. The van der Waals surface area contributed by atoms with Gasteiger partial charge in [0.25, 0.3) is 0 Å². The summed E-state index contributed by atoms with van der Waals surface area (Å²) >= 11 is 0. The first-order chi connectivity index (χ1) is 28.7. The van der Waals surface area contributed by atoms with Gasteiger partial charge in [-0.25, -0.2) is 9.98 Å². The maximum Gasteiger partial charge on any atom is 0.160 e. The number of aromatic nitrogens is 1. The van der Waals surface area contributed by atoms with E-state index in [1.165, 1.54) is 21.8 Å². The Morgan fingerprint density at radius 3 is 1.81 bits per heavy atom. The van der Waals surface area contributed by atoms with Gasteiger partial charge >= 0.3 is 0 Å². The Bertz CT molecular complexity index is 3240. The van der Waals surface area contributed by atoms with Gasteiger partial charge < -0.3 is 8.98 Å². The fourth-order valence-electron chi connectivity index (χ4n) is 8.53. The molecular formula is C54H37N3O. The van der Waals surface area contributed by atoms with Crippen molar-refractivity contribution in [3.63, 3.8) is 0 Å². The average molecular weight is 744 g/mol. The maximum absolute atomic E-state index is 6.75. The summed E-state index contributed by atoms with van der Waals surface area (Å²) in [6.45, 7) is 0. The van der Waals surface area contributed by atoms with E-state index in [0.717, 1.165) is 90.8 Å². The lowest BCUT2D eigenvalue weighted by Gasteiger charge is -2.15. The van der Waals surface area contributed by atoms with Crippen LogP contribution in [0.25, 0.3) is 77.4 Å². The number of furan rings is 1. The fourth-order valence-corrected chi connectivity index (χ4v) is 8.53. The van der Waals surface area contributed by atoms with Crippen LogP contribution < -0.4 is 0 Å². The molecule has 0 saturated carbocycles. The molecule has 0 bridgehead atoms. The molecule has 4 heteroatoms. The minimum absolute atomic E-state index is 0.695. The second-order valence-electron chi connectivity index (χ2n) is 14.9. The molecule has 1 aliphatic rings. The van der Waals surface area contributed by atoms with Gasteiger partial charge in [-0.15, -0.1) is 0 Å². The summed E-state index contributed by atoms with van der Waals surface area (Å²) in [5.74, 6) is 0.695. The molecule has 0 saturated heterocycles. The van der Waals surface area contributed by atoms with E-state index in [2.05, 4.69) is 181 Å². The predicted molar refractivity (Wildman–Crippen MR) is 242 cm³/mol. The highest BCUT2D eigenvalue weighted by Gasteiger charge is 2.21. The third-order valence-corrected chi connectivity index (χ3v) is 11.3. The van der Waals surface area contributed by atoms with Crippen molar-refractivity contribution in [1.29, 1.82) is 0 Å². The Labute approximate surface area is 336 Å². The van der Waals surface area contributed by atoms with Gasteiger partial charge in [-0.2, -0.15) is 0 Å². The minimum atomic E-state index is 0.695. The molecule has 0 N–H and O–H groups in total. The van der Waals surface area contributed by atoms with Crippen molar-refractivity contribution < 1.29 is 4.42 Å². The molecule has 11 rings (SSSR count). The number of hydrogen-bond acceptors (Lipinski definition) is 3. The molecule has 1 aliphatic heterocycles. The molecule has 3 heterocycles. The molecule has 0 atom stereocenters. The van der Waals surface area contributed by atoms with E-state index in [1.54, 1.807) is 0 Å². The predicted octanol–water partition coefficient (Wildman–Crippen LogP) is 14.1. The SMILES string of the molecule is C1=C(/c2cc(-c3ccccc3)cc3oc4ccc(-c5ccc6c(c5)c5ccccc5n6-c5ccccc5)cc4c23)N=C(c2ccccc2)N=C(c2ccccc2)CC/1. The highest BCUT2D eigenvalue weighted by Crippen LogP contribution is 2.42. The third-order valence-electron chi connectivity index (χ3n) is 11.3. The number of allylic oxidation sites excluding steroid dienone is 1. The smallest absolute Gasteiger partial charge is 0.160 e. The van der Waals surface area contributed by atoms with Crippen LogP contribution >= 0.6 is 0 Å². The van der Waals surface area contributed by atoms with Crippen LogP contribution in [0.1, 0.15) is 29.5 Å². The van der Waals surface area contributed by atoms with Crippen molar-refractivity contribution in [2.24, 2.45) is 9.98 Å². The minimum Gasteiger partial charge on any atom is -0.456 e. The van der Waals surface area contributed by atoms with Crippen LogP contribution in [0.2, 0.25) is 0 Å². The number of nitrogens with zero attached hydrogens (tertiary/aromatic N) is 3. The highest BCUT2D eigenvalue weighted by molar-refractivity contribution is 6.17. The van der Waals surface area contributed by atoms with Crippen molar-refractivity contribution in [1.82, 2.24) is 4.57 Å². The molecule has 0 fully saturated rings. The Morgan fingerprint density at radius 1 is 0.431 bits per heavy atom. The number of benzene rings is 8. The van der Waals surface area contributed by atoms with Gasteiger partial charge in [0.2, 0.25) is 0 Å². The van der Waals surface area contributed by atoms with Crippen molar-refractivity contribution in [2.75, 3.05) is 0 Å². The lowest BCUT2D eigenvalue weighted by atomic mass is 9.94. The first-order valence-electron chi connectivity index (χ1n) is 19.9. The van der Waals surface area contributed by atoms with Crippen molar-refractivity contribution >= 4 is 61.0 Å². The molecule has 274 valence electrons. The number of amidine groups is 1. The molecule has 0 amide bonds. The molecule has 4 nitrogen and oxygen atoms in total. The van der Waals surface area contributed by atoms with Gasteiger partial charge in [-0.05, 0) is 95.3 Å². The molecule has 0 radical (unpaired) electrons. The summed E-state index contributed by atoms with van der Waals surface area (Å²) in [6.07, 6.45) is 3.87. The van der Waals surface area contributed by atoms with E-state index in [-0.39, 0.29) is 0 Å². The maximum atomic E-state index is 6.75. The van der Waals surface area contributed by atoms with Crippen LogP contribution in [0.3, 0.4) is 0 Å². The monoisotopic (exact) mass is 743 g/mol. The number of aliphatic imine (C=N–C) groups is 2. The number of rotatable bonds is 6. The highest BCUT2D eigenvalue weighted by atomic mass is 16.3. The summed E-state index contributed by atoms with van der Waals surface area (Å²) in [4.78, 5) is 10.7. The van der Waals surface area contributed by atoms with Crippen molar-refractivity contribution in [3.8, 4) is 27.9 Å². The van der Waals surface area contributed by atoms with Crippen LogP contribution in [0.5, 0.6) is 0 Å². The van der Waals surface area contributed by atoms with Gasteiger partial charge in [0.1, 0.15) is 11.2 Å². The topological polar surface area (TPSA) is 42.8 Å². The van der Waals surface area contributed by atoms with E-state index in [4.69, 9.17) is 14.4 Å². The van der Waals surface area contributed by atoms with Crippen LogP contribution in [0, 0.1) is 0 Å². The summed E-state index contributed by atoms with van der Waals surface area (Å²) < 4.78 is 9.11. The van der Waals surface area contributed by atoms with Gasteiger partial charge in [0, 0.05) is 38.4 Å². The summed E-state index contributed by atoms with van der Waals surface area (Å²) in [6, 6.07) is 68.5. The fraction of sp³-hybridized carbons (Fsp3) is 0.0370. The second kappa shape index (κ2) is 14.2. The zero-order valence-electron chi connectivity index (χ0n) is 31.7. The third kappa shape index (κ3) is 5.94. The van der Waals surface area contributed by atoms with Gasteiger partial charge in [0.15, 0.2) is 5.84 Å². The average Bonchev–Trinajstić information content (AvgIpc) is 3.82. The molecule has 2 aromatic heterocycles. The zero-order valence-corrected chi connectivity index (χ0v) is 31.7. The number of hydrogen-bond donors (Lipinski definition) is 0. The normalized spacial score (nSPS) is 14.2. The van der Waals surface area contributed by atoms with Crippen LogP contribution in [-0.2, 0) is 0 Å². The summed E-state index contributed by atoms with van der Waals surface area (Å²) in [5.41, 5.74) is 14.7. The van der Waals surface area contributed by atoms with Gasteiger partial charge in [-0.1, -0.05) is 146 Å². The quantitative estimate of drug-likeness (QED) is 0.167. The van der Waals surface area contributed by atoms with Gasteiger partial charge in [0.05, 0.1) is 22.4 Å². The Balaban J connectivity index is 1.11. The molecule has 58 heavy (non-hydrogen) atoms. The summed E-state index contributed by atoms with van der Waals surface area (Å²) in [5, 5.41) is 4.56. The number of fused-ring (bicyclic) bond motifs is 6. The lowest BCUT2D eigenvalue weighted by Crippen LogP contribution is -2.09. The standard InChI is InChI=1S/C54H37N3O/c1-5-16-36(17-6-1)41-34-45(48-26-15-25-47(37-18-7-2-8-19-37)55-54(56-48)38-20-9-3-10-21-38)53-46-33-40(29-31-51(46)58-52(53)35-41)39-28-30-50-44(32-39)43-24-13-14-27-49(43)57(50)42-22-11-4-12-23-42/h1-14,16-24,26-35H,15,25H2/b48-26-,55-47?,56-54?. The van der Waals surface area contributed by atoms with Crippen LogP contribution in [0.15, 0.2) is 215 Å². The molecule has 0 unspecified atom stereocenters. The van der Waals surface area contributed by atoms with Crippen LogP contribution in [-0.4, -0.2) is 16.1 Å². The van der Waals surface area contributed by atoms with Crippen LogP contribution in [0.4, 0.5) is 0 Å². The molecule has 0 aliphatic carbocycles. The Kier molecular flexibility index (Phi) is 8.25. The first kappa shape index (κ1) is 33.8. The van der Waals surface area contributed by atoms with E-state index in [1.807, 2.05) is 24.3 Å². The number of para-hydroxylation sites is 2. The lowest BCUT2D eigenvalue weighted by molar-refractivity contribution is 0.669. The van der Waals surface area contributed by atoms with E-state index < -0.39 is 0 Å². The van der Waals surface area contributed by atoms with Crippen molar-refractivity contribution in [2.45, 2.75) is 12.8 Å². The molecule has 10 aromatic rings. The molecular weight excluding hydrogens is 707 g/mol. The van der Waals surface area contributed by atoms with Crippen molar-refractivity contribution in [3.05, 3.63) is 217 Å². The van der Waals surface area contributed by atoms with E-state index in [9.17, 15) is 0 Å². The Morgan fingerprint density at radius 2 is 1.05 bits per heavy atom.